The van der Waals surface area contributed by atoms with Gasteiger partial charge in [-0.3, -0.25) is 0 Å². The quantitative estimate of drug-likeness (QED) is 0.826. The van der Waals surface area contributed by atoms with E-state index in [1.54, 1.807) is 0 Å². The number of nitrogens with zero attached hydrogens (tertiary/aromatic N) is 2. The maximum absolute atomic E-state index is 5.42. The van der Waals surface area contributed by atoms with Gasteiger partial charge < -0.3 is 15.4 Å². The summed E-state index contributed by atoms with van der Waals surface area (Å²) < 4.78 is 5.42. The molecule has 0 bridgehead atoms. The number of nitrogens with one attached hydrogen (secondary N) is 2. The van der Waals surface area contributed by atoms with Crippen molar-refractivity contribution in [2.24, 2.45) is 0 Å². The molecule has 1 saturated heterocycles. The fourth-order valence-corrected chi connectivity index (χ4v) is 2.06. The molecule has 17 heavy (non-hydrogen) atoms. The van der Waals surface area contributed by atoms with Gasteiger partial charge in [0.1, 0.15) is 11.6 Å². The van der Waals surface area contributed by atoms with Crippen molar-refractivity contribution in [2.75, 3.05) is 25.0 Å². The Balaban J connectivity index is 2.14. The molecule has 1 aromatic heterocycles. The fraction of sp³-hybridized carbons (Fsp3) is 0.667. The molecule has 0 amide bonds. The van der Waals surface area contributed by atoms with Gasteiger partial charge in [0, 0.05) is 18.2 Å². The van der Waals surface area contributed by atoms with Crippen LogP contribution in [0.3, 0.4) is 0 Å². The molecule has 1 fully saturated rings. The van der Waals surface area contributed by atoms with Crippen molar-refractivity contribution in [3.63, 3.8) is 0 Å². The third-order valence-corrected chi connectivity index (χ3v) is 2.91. The molecule has 0 spiro atoms. The van der Waals surface area contributed by atoms with Crippen molar-refractivity contribution in [2.45, 2.75) is 32.7 Å². The third kappa shape index (κ3) is 3.06. The van der Waals surface area contributed by atoms with Gasteiger partial charge in [0.05, 0.1) is 6.61 Å². The highest BCUT2D eigenvalue weighted by molar-refractivity contribution is 5.41. The van der Waals surface area contributed by atoms with E-state index in [-0.39, 0.29) is 5.54 Å². The number of ether oxygens (including phenoxy) is 1. The van der Waals surface area contributed by atoms with Crippen molar-refractivity contribution in [1.29, 1.82) is 0 Å². The first-order chi connectivity index (χ1) is 8.11. The smallest absolute Gasteiger partial charge is 0.218 e. The van der Waals surface area contributed by atoms with Crippen molar-refractivity contribution in [1.82, 2.24) is 15.3 Å². The number of rotatable bonds is 4. The standard InChI is InChI=1S/C12H20N4O/c1-4-17-11-7-10(14-9(2)15-11)16-12(3)5-6-13-8-12/h7,13H,4-6,8H2,1-3H3,(H,14,15,16). The predicted octanol–water partition coefficient (Wildman–Crippen LogP) is 1.35. The molecule has 1 aliphatic heterocycles. The molecule has 1 atom stereocenters. The van der Waals surface area contributed by atoms with Crippen molar-refractivity contribution in [3.8, 4) is 5.88 Å². The monoisotopic (exact) mass is 236 g/mol. The second-order valence-corrected chi connectivity index (χ2v) is 4.68. The Kier molecular flexibility index (Phi) is 3.47. The molecule has 2 rings (SSSR count). The zero-order chi connectivity index (χ0) is 12.3. The summed E-state index contributed by atoms with van der Waals surface area (Å²) in [4.78, 5) is 8.63. The van der Waals surface area contributed by atoms with Crippen molar-refractivity contribution >= 4 is 5.82 Å². The first-order valence-corrected chi connectivity index (χ1v) is 6.09. The predicted molar refractivity (Wildman–Crippen MR) is 67.5 cm³/mol. The minimum atomic E-state index is 0.0737. The molecule has 2 heterocycles. The lowest BCUT2D eigenvalue weighted by molar-refractivity contribution is 0.325. The van der Waals surface area contributed by atoms with Crippen LogP contribution in [-0.4, -0.2) is 35.2 Å². The number of aromatic nitrogens is 2. The minimum absolute atomic E-state index is 0.0737. The fourth-order valence-electron chi connectivity index (χ4n) is 2.06. The lowest BCUT2D eigenvalue weighted by atomic mass is 10.0. The van der Waals surface area contributed by atoms with E-state index in [1.807, 2.05) is 19.9 Å². The summed E-state index contributed by atoms with van der Waals surface area (Å²) >= 11 is 0. The molecule has 1 aliphatic rings. The maximum atomic E-state index is 5.42. The van der Waals surface area contributed by atoms with Crippen LogP contribution in [0.1, 0.15) is 26.1 Å². The molecular formula is C12H20N4O. The second-order valence-electron chi connectivity index (χ2n) is 4.68. The van der Waals surface area contributed by atoms with E-state index >= 15 is 0 Å². The summed E-state index contributed by atoms with van der Waals surface area (Å²) in [5.74, 6) is 2.21. The van der Waals surface area contributed by atoms with E-state index in [9.17, 15) is 0 Å². The van der Waals surface area contributed by atoms with Crippen LogP contribution in [0.4, 0.5) is 5.82 Å². The largest absolute Gasteiger partial charge is 0.478 e. The molecule has 0 aliphatic carbocycles. The summed E-state index contributed by atoms with van der Waals surface area (Å²) in [6.45, 7) is 8.65. The zero-order valence-corrected chi connectivity index (χ0v) is 10.7. The zero-order valence-electron chi connectivity index (χ0n) is 10.7. The number of aryl methyl sites for hydroxylation is 1. The van der Waals surface area contributed by atoms with E-state index in [2.05, 4.69) is 27.5 Å². The maximum Gasteiger partial charge on any atom is 0.218 e. The Morgan fingerprint density at radius 1 is 1.53 bits per heavy atom. The van der Waals surface area contributed by atoms with Gasteiger partial charge in [-0.2, -0.15) is 4.98 Å². The lowest BCUT2D eigenvalue weighted by Crippen LogP contribution is -2.37. The highest BCUT2D eigenvalue weighted by atomic mass is 16.5. The number of hydrogen-bond acceptors (Lipinski definition) is 5. The van der Waals surface area contributed by atoms with Crippen LogP contribution < -0.4 is 15.4 Å². The van der Waals surface area contributed by atoms with E-state index in [1.165, 1.54) is 0 Å². The van der Waals surface area contributed by atoms with Crippen LogP contribution in [0.5, 0.6) is 5.88 Å². The Morgan fingerprint density at radius 2 is 2.35 bits per heavy atom. The summed E-state index contributed by atoms with van der Waals surface area (Å²) in [5, 5.41) is 6.81. The van der Waals surface area contributed by atoms with Gasteiger partial charge in [-0.15, -0.1) is 0 Å². The van der Waals surface area contributed by atoms with E-state index in [4.69, 9.17) is 4.74 Å². The second kappa shape index (κ2) is 4.87. The first-order valence-electron chi connectivity index (χ1n) is 6.09. The van der Waals surface area contributed by atoms with Crippen LogP contribution in [0, 0.1) is 6.92 Å². The molecule has 1 aromatic rings. The van der Waals surface area contributed by atoms with Crippen LogP contribution in [-0.2, 0) is 0 Å². The molecule has 0 saturated carbocycles. The third-order valence-electron chi connectivity index (χ3n) is 2.91. The average molecular weight is 236 g/mol. The van der Waals surface area contributed by atoms with Crippen LogP contribution in [0.2, 0.25) is 0 Å². The van der Waals surface area contributed by atoms with Gasteiger partial charge >= 0.3 is 0 Å². The molecule has 0 aromatic carbocycles. The first kappa shape index (κ1) is 12.1. The van der Waals surface area contributed by atoms with Crippen LogP contribution in [0.15, 0.2) is 6.07 Å². The highest BCUT2D eigenvalue weighted by Gasteiger charge is 2.28. The Hall–Kier alpha value is -1.36. The molecule has 5 nitrogen and oxygen atoms in total. The van der Waals surface area contributed by atoms with Gasteiger partial charge in [0.25, 0.3) is 0 Å². The Bertz CT molecular complexity index is 388. The normalized spacial score (nSPS) is 23.7. The number of anilines is 1. The van der Waals surface area contributed by atoms with Gasteiger partial charge in [0.15, 0.2) is 0 Å². The highest BCUT2D eigenvalue weighted by Crippen LogP contribution is 2.22. The van der Waals surface area contributed by atoms with Crippen molar-refractivity contribution in [3.05, 3.63) is 11.9 Å². The summed E-state index contributed by atoms with van der Waals surface area (Å²) in [5.41, 5.74) is 0.0737. The summed E-state index contributed by atoms with van der Waals surface area (Å²) in [6.07, 6.45) is 1.10. The topological polar surface area (TPSA) is 59.1 Å². The summed E-state index contributed by atoms with van der Waals surface area (Å²) in [7, 11) is 0. The van der Waals surface area contributed by atoms with Crippen molar-refractivity contribution < 1.29 is 4.74 Å². The van der Waals surface area contributed by atoms with Gasteiger partial charge in [-0.05, 0) is 33.7 Å². The van der Waals surface area contributed by atoms with E-state index in [0.717, 1.165) is 31.2 Å². The van der Waals surface area contributed by atoms with Crippen LogP contribution >= 0.6 is 0 Å². The Labute approximate surface area is 102 Å². The average Bonchev–Trinajstić information content (AvgIpc) is 2.64. The lowest BCUT2D eigenvalue weighted by Gasteiger charge is -2.25. The molecule has 94 valence electrons. The number of hydrogen-bond donors (Lipinski definition) is 2. The Morgan fingerprint density at radius 3 is 3.00 bits per heavy atom. The SMILES string of the molecule is CCOc1cc(NC2(C)CCNC2)nc(C)n1. The molecule has 0 radical (unpaired) electrons. The molecule has 5 heteroatoms. The van der Waals surface area contributed by atoms with Gasteiger partial charge in [0.2, 0.25) is 5.88 Å². The molecular weight excluding hydrogens is 216 g/mol. The van der Waals surface area contributed by atoms with Gasteiger partial charge in [-0.25, -0.2) is 4.98 Å². The molecule has 2 N–H and O–H groups in total. The van der Waals surface area contributed by atoms with E-state index in [0.29, 0.717) is 12.5 Å². The van der Waals surface area contributed by atoms with Gasteiger partial charge in [-0.1, -0.05) is 0 Å². The molecule has 1 unspecified atom stereocenters. The summed E-state index contributed by atoms with van der Waals surface area (Å²) in [6, 6.07) is 1.86. The van der Waals surface area contributed by atoms with E-state index < -0.39 is 0 Å². The minimum Gasteiger partial charge on any atom is -0.478 e. The van der Waals surface area contributed by atoms with Crippen LogP contribution in [0.25, 0.3) is 0 Å².